The summed E-state index contributed by atoms with van der Waals surface area (Å²) in [5.41, 5.74) is 3.31. The second-order valence-electron chi connectivity index (χ2n) is 4.56. The van der Waals surface area contributed by atoms with E-state index in [1.807, 2.05) is 39.8 Å². The minimum absolute atomic E-state index is 0.267. The average Bonchev–Trinajstić information content (AvgIpc) is 2.26. The molecule has 0 aromatic heterocycles. The Morgan fingerprint density at radius 3 is 1.31 bits per heavy atom. The summed E-state index contributed by atoms with van der Waals surface area (Å²) in [6, 6.07) is 8.15. The maximum Gasteiger partial charge on any atom is 0.0994 e. The van der Waals surface area contributed by atoms with Crippen molar-refractivity contribution in [2.45, 2.75) is 39.5 Å². The molecule has 1 aromatic rings. The Bertz CT molecular complexity index is 425. The molecule has 0 saturated heterocycles. The highest BCUT2D eigenvalue weighted by Gasteiger charge is 2.13. The van der Waals surface area contributed by atoms with E-state index in [4.69, 9.17) is 10.5 Å². The van der Waals surface area contributed by atoms with Crippen LogP contribution in [0.5, 0.6) is 0 Å². The van der Waals surface area contributed by atoms with E-state index in [9.17, 15) is 0 Å². The number of nitrogens with zero attached hydrogens (tertiary/aromatic N) is 2. The molecule has 0 N–H and O–H groups in total. The van der Waals surface area contributed by atoms with Crippen molar-refractivity contribution in [1.82, 2.24) is 0 Å². The van der Waals surface area contributed by atoms with Gasteiger partial charge in [-0.25, -0.2) is 0 Å². The van der Waals surface area contributed by atoms with E-state index in [-0.39, 0.29) is 11.8 Å². The Balaban J connectivity index is 3.50. The van der Waals surface area contributed by atoms with Crippen LogP contribution in [0.2, 0.25) is 0 Å². The highest BCUT2D eigenvalue weighted by Crippen LogP contribution is 2.27. The lowest BCUT2D eigenvalue weighted by Gasteiger charge is -2.14. The predicted molar refractivity (Wildman–Crippen MR) is 64.1 cm³/mol. The van der Waals surface area contributed by atoms with Gasteiger partial charge in [-0.3, -0.25) is 0 Å². The molecule has 0 fully saturated rings. The van der Waals surface area contributed by atoms with E-state index in [2.05, 4.69) is 12.1 Å². The van der Waals surface area contributed by atoms with Crippen molar-refractivity contribution in [1.29, 1.82) is 10.5 Å². The smallest absolute Gasteiger partial charge is 0.0994 e. The van der Waals surface area contributed by atoms with Crippen LogP contribution in [0.4, 0.5) is 0 Å². The maximum atomic E-state index is 9.10. The van der Waals surface area contributed by atoms with Gasteiger partial charge in [-0.05, 0) is 35.1 Å². The number of benzene rings is 1. The van der Waals surface area contributed by atoms with Crippen LogP contribution in [0, 0.1) is 22.7 Å². The number of hydrogen-bond acceptors (Lipinski definition) is 2. The Labute approximate surface area is 97.1 Å². The molecule has 0 aliphatic heterocycles. The van der Waals surface area contributed by atoms with Crippen molar-refractivity contribution < 1.29 is 0 Å². The summed E-state index contributed by atoms with van der Waals surface area (Å²) >= 11 is 0. The zero-order valence-electron chi connectivity index (χ0n) is 10.2. The Hall–Kier alpha value is -1.80. The second kappa shape index (κ2) is 4.81. The van der Waals surface area contributed by atoms with Gasteiger partial charge in [0.25, 0.3) is 0 Å². The third-order valence-electron chi connectivity index (χ3n) is 2.71. The van der Waals surface area contributed by atoms with Crippen LogP contribution < -0.4 is 0 Å². The standard InChI is InChI=1S/C14H16N2/c1-9(2)13-5-12(8-16)14(10(3)4)6-11(13)7-15/h5-6,9-10H,1-4H3. The quantitative estimate of drug-likeness (QED) is 0.750. The summed E-state index contributed by atoms with van der Waals surface area (Å²) < 4.78 is 0. The monoisotopic (exact) mass is 212 g/mol. The van der Waals surface area contributed by atoms with Crippen LogP contribution in [-0.4, -0.2) is 0 Å². The molecule has 2 nitrogen and oxygen atoms in total. The van der Waals surface area contributed by atoms with Gasteiger partial charge in [0.2, 0.25) is 0 Å². The summed E-state index contributed by atoms with van der Waals surface area (Å²) in [5.74, 6) is 0.533. The van der Waals surface area contributed by atoms with Crippen LogP contribution in [-0.2, 0) is 0 Å². The minimum Gasteiger partial charge on any atom is -0.192 e. The van der Waals surface area contributed by atoms with Crippen LogP contribution in [0.3, 0.4) is 0 Å². The van der Waals surface area contributed by atoms with Crippen LogP contribution in [0.1, 0.15) is 61.8 Å². The lowest BCUT2D eigenvalue weighted by Crippen LogP contribution is -2.00. The van der Waals surface area contributed by atoms with Gasteiger partial charge in [0.15, 0.2) is 0 Å². The highest BCUT2D eigenvalue weighted by molar-refractivity contribution is 5.51. The van der Waals surface area contributed by atoms with Gasteiger partial charge < -0.3 is 0 Å². The SMILES string of the molecule is CC(C)c1cc(C#N)c(C(C)C)cc1C#N. The molecule has 1 aromatic carbocycles. The molecule has 0 radical (unpaired) electrons. The van der Waals surface area contributed by atoms with Crippen molar-refractivity contribution in [2.75, 3.05) is 0 Å². The molecule has 0 heterocycles. The molecule has 2 heteroatoms. The number of rotatable bonds is 2. The largest absolute Gasteiger partial charge is 0.192 e. The molecule has 0 unspecified atom stereocenters. The fourth-order valence-corrected chi connectivity index (χ4v) is 1.78. The van der Waals surface area contributed by atoms with Crippen molar-refractivity contribution in [2.24, 2.45) is 0 Å². The van der Waals surface area contributed by atoms with Gasteiger partial charge in [0.05, 0.1) is 23.3 Å². The summed E-state index contributed by atoms with van der Waals surface area (Å²) in [7, 11) is 0. The Kier molecular flexibility index (Phi) is 3.69. The van der Waals surface area contributed by atoms with Gasteiger partial charge in [0, 0.05) is 0 Å². The number of nitriles is 2. The molecule has 0 atom stereocenters. The first kappa shape index (κ1) is 12.3. The van der Waals surface area contributed by atoms with E-state index in [1.54, 1.807) is 0 Å². The predicted octanol–water partition coefficient (Wildman–Crippen LogP) is 3.68. The van der Waals surface area contributed by atoms with Crippen molar-refractivity contribution >= 4 is 0 Å². The molecular weight excluding hydrogens is 196 g/mol. The van der Waals surface area contributed by atoms with Crippen molar-refractivity contribution in [3.05, 3.63) is 34.4 Å². The van der Waals surface area contributed by atoms with Crippen LogP contribution in [0.15, 0.2) is 12.1 Å². The fourth-order valence-electron chi connectivity index (χ4n) is 1.78. The first-order valence-electron chi connectivity index (χ1n) is 5.49. The van der Waals surface area contributed by atoms with E-state index in [1.165, 1.54) is 0 Å². The molecule has 0 amide bonds. The lowest BCUT2D eigenvalue weighted by molar-refractivity contribution is 0.837. The van der Waals surface area contributed by atoms with Gasteiger partial charge in [-0.2, -0.15) is 10.5 Å². The van der Waals surface area contributed by atoms with E-state index < -0.39 is 0 Å². The zero-order chi connectivity index (χ0) is 12.3. The first-order valence-corrected chi connectivity index (χ1v) is 5.49. The average molecular weight is 212 g/mol. The van der Waals surface area contributed by atoms with Gasteiger partial charge in [0.1, 0.15) is 0 Å². The third-order valence-corrected chi connectivity index (χ3v) is 2.71. The van der Waals surface area contributed by atoms with E-state index in [0.29, 0.717) is 11.1 Å². The zero-order valence-corrected chi connectivity index (χ0v) is 10.2. The summed E-state index contributed by atoms with van der Waals surface area (Å²) in [4.78, 5) is 0. The molecule has 0 bridgehead atoms. The Morgan fingerprint density at radius 1 is 0.812 bits per heavy atom. The molecule has 0 aliphatic carbocycles. The van der Waals surface area contributed by atoms with E-state index >= 15 is 0 Å². The second-order valence-corrected chi connectivity index (χ2v) is 4.56. The van der Waals surface area contributed by atoms with Crippen molar-refractivity contribution in [3.8, 4) is 12.1 Å². The van der Waals surface area contributed by atoms with Gasteiger partial charge in [-0.1, -0.05) is 27.7 Å². The van der Waals surface area contributed by atoms with Gasteiger partial charge in [-0.15, -0.1) is 0 Å². The Morgan fingerprint density at radius 2 is 1.12 bits per heavy atom. The molecule has 82 valence electrons. The van der Waals surface area contributed by atoms with Crippen molar-refractivity contribution in [3.63, 3.8) is 0 Å². The first-order chi connectivity index (χ1) is 7.51. The molecular formula is C14H16N2. The normalized spacial score (nSPS) is 10.2. The topological polar surface area (TPSA) is 47.6 Å². The van der Waals surface area contributed by atoms with Crippen LogP contribution in [0.25, 0.3) is 0 Å². The fraction of sp³-hybridized carbons (Fsp3) is 0.429. The summed E-state index contributed by atoms with van der Waals surface area (Å²) in [5, 5.41) is 18.2. The molecule has 0 aliphatic rings. The number of hydrogen-bond donors (Lipinski definition) is 0. The summed E-state index contributed by atoms with van der Waals surface area (Å²) in [6.07, 6.45) is 0. The molecule has 0 spiro atoms. The highest BCUT2D eigenvalue weighted by atomic mass is 14.3. The summed E-state index contributed by atoms with van der Waals surface area (Å²) in [6.45, 7) is 8.14. The third kappa shape index (κ3) is 2.23. The maximum absolute atomic E-state index is 9.10. The lowest BCUT2D eigenvalue weighted by atomic mass is 9.89. The molecule has 16 heavy (non-hydrogen) atoms. The minimum atomic E-state index is 0.267. The molecule has 1 rings (SSSR count). The van der Waals surface area contributed by atoms with Crippen LogP contribution >= 0.6 is 0 Å². The molecule has 0 saturated carbocycles. The van der Waals surface area contributed by atoms with E-state index in [0.717, 1.165) is 11.1 Å². The van der Waals surface area contributed by atoms with Gasteiger partial charge >= 0.3 is 0 Å².